The number of nitrogens with one attached hydrogen (secondary N) is 1. The third-order valence-electron chi connectivity index (χ3n) is 5.28. The second kappa shape index (κ2) is 6.74. The number of carbonyl (C=O) groups is 1. The molecule has 0 unspecified atom stereocenters. The quantitative estimate of drug-likeness (QED) is 0.750. The molecule has 0 atom stereocenters. The summed E-state index contributed by atoms with van der Waals surface area (Å²) in [5, 5.41) is 3.40. The molecule has 0 bridgehead atoms. The van der Waals surface area contributed by atoms with Crippen LogP contribution in [0.1, 0.15) is 66.2 Å². The zero-order valence-corrected chi connectivity index (χ0v) is 13.3. The molecule has 19 heavy (non-hydrogen) atoms. The Hall–Kier alpha value is -0.570. The molecule has 0 radical (unpaired) electrons. The summed E-state index contributed by atoms with van der Waals surface area (Å²) in [5.74, 6) is 0.714. The number of hydrogen-bond donors (Lipinski definition) is 1. The van der Waals surface area contributed by atoms with Gasteiger partial charge in [0.25, 0.3) is 0 Å². The van der Waals surface area contributed by atoms with E-state index < -0.39 is 0 Å². The number of esters is 1. The second-order valence-electron chi connectivity index (χ2n) is 6.63. The molecule has 3 nitrogen and oxygen atoms in total. The smallest absolute Gasteiger partial charge is 0.307 e. The number of carbonyl (C=O) groups excluding carboxylic acids is 1. The fourth-order valence-electron chi connectivity index (χ4n) is 3.24. The number of hydrogen-bond acceptors (Lipinski definition) is 3. The molecule has 0 spiro atoms. The van der Waals surface area contributed by atoms with Gasteiger partial charge in [-0.25, -0.2) is 0 Å². The van der Waals surface area contributed by atoms with Crippen LogP contribution in [0.4, 0.5) is 0 Å². The highest BCUT2D eigenvalue weighted by molar-refractivity contribution is 5.70. The maximum atomic E-state index is 11.7. The SMILES string of the molecule is CCOC(=O)CC1(NC)CCC(C(C)(C)CC)CC1. The van der Waals surface area contributed by atoms with Gasteiger partial charge in [0.05, 0.1) is 13.0 Å². The molecule has 0 aliphatic heterocycles. The lowest BCUT2D eigenvalue weighted by Gasteiger charge is -2.44. The van der Waals surface area contributed by atoms with Crippen LogP contribution >= 0.6 is 0 Å². The van der Waals surface area contributed by atoms with Crippen molar-refractivity contribution in [2.75, 3.05) is 13.7 Å². The van der Waals surface area contributed by atoms with Gasteiger partial charge in [0, 0.05) is 5.54 Å². The van der Waals surface area contributed by atoms with Gasteiger partial charge in [0.2, 0.25) is 0 Å². The average molecular weight is 269 g/mol. The normalized spacial score (nSPS) is 28.2. The van der Waals surface area contributed by atoms with Crippen molar-refractivity contribution < 1.29 is 9.53 Å². The summed E-state index contributed by atoms with van der Waals surface area (Å²) in [6.45, 7) is 9.36. The molecule has 0 aromatic carbocycles. The van der Waals surface area contributed by atoms with Crippen LogP contribution in [0.3, 0.4) is 0 Å². The summed E-state index contributed by atoms with van der Waals surface area (Å²) in [7, 11) is 1.98. The Morgan fingerprint density at radius 1 is 1.32 bits per heavy atom. The van der Waals surface area contributed by atoms with E-state index in [2.05, 4.69) is 26.1 Å². The summed E-state index contributed by atoms with van der Waals surface area (Å²) in [6.07, 6.45) is 6.31. The maximum Gasteiger partial charge on any atom is 0.307 e. The molecular formula is C16H31NO2. The second-order valence-corrected chi connectivity index (χ2v) is 6.63. The number of ether oxygens (including phenoxy) is 1. The monoisotopic (exact) mass is 269 g/mol. The van der Waals surface area contributed by atoms with Gasteiger partial charge in [-0.2, -0.15) is 0 Å². The van der Waals surface area contributed by atoms with Crippen LogP contribution in [0.25, 0.3) is 0 Å². The third kappa shape index (κ3) is 4.20. The highest BCUT2D eigenvalue weighted by Gasteiger charge is 2.40. The Morgan fingerprint density at radius 3 is 2.32 bits per heavy atom. The zero-order chi connectivity index (χ0) is 14.5. The molecule has 1 aliphatic carbocycles. The van der Waals surface area contributed by atoms with Crippen LogP contribution in [0, 0.1) is 11.3 Å². The molecule has 0 aromatic rings. The first-order chi connectivity index (χ1) is 8.89. The van der Waals surface area contributed by atoms with Gasteiger partial charge >= 0.3 is 5.97 Å². The molecule has 0 amide bonds. The van der Waals surface area contributed by atoms with Gasteiger partial charge in [0.1, 0.15) is 0 Å². The molecule has 0 heterocycles. The first kappa shape index (κ1) is 16.5. The van der Waals surface area contributed by atoms with Gasteiger partial charge in [0.15, 0.2) is 0 Å². The molecule has 1 N–H and O–H groups in total. The fourth-order valence-corrected chi connectivity index (χ4v) is 3.24. The summed E-state index contributed by atoms with van der Waals surface area (Å²) >= 11 is 0. The van der Waals surface area contributed by atoms with Crippen LogP contribution in [0.5, 0.6) is 0 Å². The highest BCUT2D eigenvalue weighted by Crippen LogP contribution is 2.44. The molecule has 3 heteroatoms. The zero-order valence-electron chi connectivity index (χ0n) is 13.3. The van der Waals surface area contributed by atoms with Gasteiger partial charge < -0.3 is 10.1 Å². The van der Waals surface area contributed by atoms with Crippen molar-refractivity contribution in [1.82, 2.24) is 5.32 Å². The Bertz CT molecular complexity index is 291. The van der Waals surface area contributed by atoms with Crippen LogP contribution in [0.2, 0.25) is 0 Å². The van der Waals surface area contributed by atoms with E-state index in [1.54, 1.807) is 0 Å². The summed E-state index contributed by atoms with van der Waals surface area (Å²) < 4.78 is 5.11. The van der Waals surface area contributed by atoms with E-state index in [0.29, 0.717) is 18.4 Å². The largest absolute Gasteiger partial charge is 0.466 e. The van der Waals surface area contributed by atoms with Crippen molar-refractivity contribution in [3.63, 3.8) is 0 Å². The van der Waals surface area contributed by atoms with Crippen LogP contribution in [0.15, 0.2) is 0 Å². The summed E-state index contributed by atoms with van der Waals surface area (Å²) in [6, 6.07) is 0. The van der Waals surface area contributed by atoms with Gasteiger partial charge in [-0.3, -0.25) is 4.79 Å². The van der Waals surface area contributed by atoms with Crippen molar-refractivity contribution in [2.24, 2.45) is 11.3 Å². The molecule has 1 aliphatic rings. The van der Waals surface area contributed by atoms with E-state index in [4.69, 9.17) is 4.74 Å². The van der Waals surface area contributed by atoms with E-state index in [9.17, 15) is 4.79 Å². The van der Waals surface area contributed by atoms with E-state index in [1.165, 1.54) is 19.3 Å². The third-order valence-corrected chi connectivity index (χ3v) is 5.28. The highest BCUT2D eigenvalue weighted by atomic mass is 16.5. The Morgan fingerprint density at radius 2 is 1.89 bits per heavy atom. The Balaban J connectivity index is 2.59. The maximum absolute atomic E-state index is 11.7. The molecule has 0 saturated heterocycles. The predicted octanol–water partition coefficient (Wildman–Crippen LogP) is 3.52. The van der Waals surface area contributed by atoms with Crippen LogP contribution in [-0.4, -0.2) is 25.2 Å². The van der Waals surface area contributed by atoms with Crippen molar-refractivity contribution in [1.29, 1.82) is 0 Å². The van der Waals surface area contributed by atoms with E-state index in [1.807, 2.05) is 14.0 Å². The summed E-state index contributed by atoms with van der Waals surface area (Å²) in [4.78, 5) is 11.7. The van der Waals surface area contributed by atoms with Gasteiger partial charge in [-0.1, -0.05) is 27.2 Å². The van der Waals surface area contributed by atoms with Crippen molar-refractivity contribution >= 4 is 5.97 Å². The standard InChI is InChI=1S/C16H31NO2/c1-6-15(3,4)13-8-10-16(17-5,11-9-13)12-14(18)19-7-2/h13,17H,6-12H2,1-5H3. The fraction of sp³-hybridized carbons (Fsp3) is 0.938. The lowest BCUT2D eigenvalue weighted by molar-refractivity contribution is -0.145. The molecule has 0 aromatic heterocycles. The molecule has 1 rings (SSSR count). The van der Waals surface area contributed by atoms with E-state index >= 15 is 0 Å². The minimum absolute atomic E-state index is 0.0351. The van der Waals surface area contributed by atoms with E-state index in [-0.39, 0.29) is 11.5 Å². The Labute approximate surface area is 118 Å². The lowest BCUT2D eigenvalue weighted by Crippen LogP contribution is -2.49. The average Bonchev–Trinajstić information content (AvgIpc) is 2.39. The first-order valence-corrected chi connectivity index (χ1v) is 7.73. The molecule has 112 valence electrons. The van der Waals surface area contributed by atoms with Crippen molar-refractivity contribution in [3.05, 3.63) is 0 Å². The lowest BCUT2D eigenvalue weighted by atomic mass is 9.65. The number of rotatable bonds is 6. The van der Waals surface area contributed by atoms with E-state index in [0.717, 1.165) is 18.8 Å². The van der Waals surface area contributed by atoms with Crippen LogP contribution < -0.4 is 5.32 Å². The molecular weight excluding hydrogens is 238 g/mol. The molecule has 1 fully saturated rings. The minimum Gasteiger partial charge on any atom is -0.466 e. The summed E-state index contributed by atoms with van der Waals surface area (Å²) in [5.41, 5.74) is 0.385. The van der Waals surface area contributed by atoms with Gasteiger partial charge in [-0.15, -0.1) is 0 Å². The molecule has 1 saturated carbocycles. The van der Waals surface area contributed by atoms with Crippen molar-refractivity contribution in [2.45, 2.75) is 71.8 Å². The van der Waals surface area contributed by atoms with Crippen molar-refractivity contribution in [3.8, 4) is 0 Å². The van der Waals surface area contributed by atoms with Gasteiger partial charge in [-0.05, 0) is 51.0 Å². The topological polar surface area (TPSA) is 38.3 Å². The first-order valence-electron chi connectivity index (χ1n) is 7.73. The van der Waals surface area contributed by atoms with Crippen LogP contribution in [-0.2, 0) is 9.53 Å². The minimum atomic E-state index is -0.0648. The Kier molecular flexibility index (Phi) is 5.84. The predicted molar refractivity (Wildman–Crippen MR) is 79.1 cm³/mol.